The van der Waals surface area contributed by atoms with Crippen molar-refractivity contribution in [1.29, 1.82) is 0 Å². The third-order valence-corrected chi connectivity index (χ3v) is 5.57. The predicted molar refractivity (Wildman–Crippen MR) is 131 cm³/mol. The SMILES string of the molecule is Cc1c(NC(=O)c2cccc(OCc3ccccc3)c2)cccc1-c1nc2ccccc2[nH]1. The van der Waals surface area contributed by atoms with Gasteiger partial charge in [0.15, 0.2) is 0 Å². The van der Waals surface area contributed by atoms with Crippen molar-refractivity contribution < 1.29 is 9.53 Å². The maximum atomic E-state index is 13.0. The Hall–Kier alpha value is -4.38. The van der Waals surface area contributed by atoms with Crippen LogP contribution in [0.4, 0.5) is 5.69 Å². The van der Waals surface area contributed by atoms with E-state index in [9.17, 15) is 4.79 Å². The van der Waals surface area contributed by atoms with Crippen molar-refractivity contribution in [3.63, 3.8) is 0 Å². The van der Waals surface area contributed by atoms with Gasteiger partial charge in [0, 0.05) is 16.8 Å². The Morgan fingerprint density at radius 1 is 0.909 bits per heavy atom. The number of hydrogen-bond donors (Lipinski definition) is 2. The molecule has 0 saturated carbocycles. The molecule has 0 bridgehead atoms. The number of H-pyrrole nitrogens is 1. The molecule has 0 atom stereocenters. The van der Waals surface area contributed by atoms with E-state index in [-0.39, 0.29) is 5.91 Å². The molecule has 5 nitrogen and oxygen atoms in total. The van der Waals surface area contributed by atoms with Crippen LogP contribution in [0.15, 0.2) is 97.1 Å². The summed E-state index contributed by atoms with van der Waals surface area (Å²) in [5.74, 6) is 1.24. The number of nitrogens with zero attached hydrogens (tertiary/aromatic N) is 1. The Morgan fingerprint density at radius 2 is 1.70 bits per heavy atom. The lowest BCUT2D eigenvalue weighted by Gasteiger charge is -2.12. The molecule has 162 valence electrons. The molecule has 0 spiro atoms. The van der Waals surface area contributed by atoms with E-state index in [0.29, 0.717) is 17.9 Å². The van der Waals surface area contributed by atoms with E-state index >= 15 is 0 Å². The third kappa shape index (κ3) is 4.48. The fourth-order valence-electron chi connectivity index (χ4n) is 3.77. The fraction of sp³-hybridized carbons (Fsp3) is 0.0714. The quantitative estimate of drug-likeness (QED) is 0.327. The standard InChI is InChI=1S/C28H23N3O2/c1-19-23(27-29-25-14-5-6-15-26(25)30-27)13-8-16-24(19)31-28(32)21-11-7-12-22(17-21)33-18-20-9-3-2-4-10-20/h2-17H,18H2,1H3,(H,29,30)(H,31,32). The molecule has 0 fully saturated rings. The highest BCUT2D eigenvalue weighted by Crippen LogP contribution is 2.29. The molecule has 5 aromatic rings. The molecule has 0 aliphatic heterocycles. The molecule has 0 aliphatic carbocycles. The highest BCUT2D eigenvalue weighted by molar-refractivity contribution is 6.05. The number of para-hydroxylation sites is 2. The molecule has 4 aromatic carbocycles. The molecular formula is C28H23N3O2. The number of hydrogen-bond acceptors (Lipinski definition) is 3. The van der Waals surface area contributed by atoms with E-state index in [1.54, 1.807) is 12.1 Å². The first-order valence-corrected chi connectivity index (χ1v) is 10.8. The van der Waals surface area contributed by atoms with Crippen LogP contribution in [-0.4, -0.2) is 15.9 Å². The van der Waals surface area contributed by atoms with Crippen molar-refractivity contribution in [2.45, 2.75) is 13.5 Å². The molecule has 33 heavy (non-hydrogen) atoms. The minimum Gasteiger partial charge on any atom is -0.489 e. The smallest absolute Gasteiger partial charge is 0.255 e. The van der Waals surface area contributed by atoms with Crippen LogP contribution in [0.3, 0.4) is 0 Å². The van der Waals surface area contributed by atoms with Crippen molar-refractivity contribution in [3.05, 3.63) is 114 Å². The number of aromatic amines is 1. The molecular weight excluding hydrogens is 410 g/mol. The summed E-state index contributed by atoms with van der Waals surface area (Å²) in [7, 11) is 0. The first-order valence-electron chi connectivity index (χ1n) is 10.8. The van der Waals surface area contributed by atoms with E-state index in [0.717, 1.165) is 39.2 Å². The van der Waals surface area contributed by atoms with Crippen molar-refractivity contribution in [2.75, 3.05) is 5.32 Å². The molecule has 1 amide bonds. The van der Waals surface area contributed by atoms with Crippen LogP contribution >= 0.6 is 0 Å². The van der Waals surface area contributed by atoms with Gasteiger partial charge in [0.1, 0.15) is 18.2 Å². The van der Waals surface area contributed by atoms with Gasteiger partial charge in [-0.25, -0.2) is 4.98 Å². The molecule has 5 heteroatoms. The van der Waals surface area contributed by atoms with Gasteiger partial charge in [0.25, 0.3) is 5.91 Å². The molecule has 0 radical (unpaired) electrons. The average molecular weight is 434 g/mol. The first-order chi connectivity index (χ1) is 16.2. The molecule has 5 rings (SSSR count). The Morgan fingerprint density at radius 3 is 2.55 bits per heavy atom. The summed E-state index contributed by atoms with van der Waals surface area (Å²) in [5, 5.41) is 3.04. The lowest BCUT2D eigenvalue weighted by molar-refractivity contribution is 0.102. The number of fused-ring (bicyclic) bond motifs is 1. The zero-order valence-corrected chi connectivity index (χ0v) is 18.2. The van der Waals surface area contributed by atoms with E-state index in [1.165, 1.54) is 0 Å². The van der Waals surface area contributed by atoms with Crippen LogP contribution in [-0.2, 0) is 6.61 Å². The van der Waals surface area contributed by atoms with Crippen LogP contribution in [0.2, 0.25) is 0 Å². The number of amides is 1. The summed E-state index contributed by atoms with van der Waals surface area (Å²) in [5.41, 5.74) is 6.14. The summed E-state index contributed by atoms with van der Waals surface area (Å²) in [4.78, 5) is 21.0. The normalized spacial score (nSPS) is 10.8. The van der Waals surface area contributed by atoms with Gasteiger partial charge >= 0.3 is 0 Å². The number of ether oxygens (including phenoxy) is 1. The van der Waals surface area contributed by atoms with Crippen LogP contribution in [0.1, 0.15) is 21.5 Å². The van der Waals surface area contributed by atoms with E-state index in [1.807, 2.05) is 91.9 Å². The van der Waals surface area contributed by atoms with Gasteiger partial charge in [-0.15, -0.1) is 0 Å². The van der Waals surface area contributed by atoms with Gasteiger partial charge < -0.3 is 15.0 Å². The number of benzene rings is 4. The second-order valence-corrected chi connectivity index (χ2v) is 7.84. The Labute approximate surface area is 192 Å². The van der Waals surface area contributed by atoms with Crippen LogP contribution in [0.5, 0.6) is 5.75 Å². The monoisotopic (exact) mass is 433 g/mol. The fourth-order valence-corrected chi connectivity index (χ4v) is 3.77. The van der Waals surface area contributed by atoms with Gasteiger partial charge in [-0.05, 0) is 54.4 Å². The van der Waals surface area contributed by atoms with E-state index in [2.05, 4.69) is 10.3 Å². The molecule has 2 N–H and O–H groups in total. The molecule has 0 saturated heterocycles. The van der Waals surface area contributed by atoms with Gasteiger partial charge in [-0.1, -0.05) is 60.7 Å². The minimum atomic E-state index is -0.190. The zero-order valence-electron chi connectivity index (χ0n) is 18.2. The van der Waals surface area contributed by atoms with Crippen LogP contribution < -0.4 is 10.1 Å². The summed E-state index contributed by atoms with van der Waals surface area (Å²) < 4.78 is 5.87. The Kier molecular flexibility index (Phi) is 5.60. The zero-order chi connectivity index (χ0) is 22.6. The number of nitrogens with one attached hydrogen (secondary N) is 2. The van der Waals surface area contributed by atoms with E-state index < -0.39 is 0 Å². The van der Waals surface area contributed by atoms with Crippen molar-refractivity contribution in [2.24, 2.45) is 0 Å². The highest BCUT2D eigenvalue weighted by Gasteiger charge is 2.13. The first kappa shape index (κ1) is 20.5. The predicted octanol–water partition coefficient (Wildman–Crippen LogP) is 6.37. The van der Waals surface area contributed by atoms with Crippen LogP contribution in [0, 0.1) is 6.92 Å². The molecule has 1 heterocycles. The van der Waals surface area contributed by atoms with Gasteiger partial charge in [-0.3, -0.25) is 4.79 Å². The number of carbonyl (C=O) groups is 1. The van der Waals surface area contributed by atoms with Gasteiger partial charge in [0.2, 0.25) is 0 Å². The lowest BCUT2D eigenvalue weighted by Crippen LogP contribution is -2.13. The van der Waals surface area contributed by atoms with Gasteiger partial charge in [-0.2, -0.15) is 0 Å². The number of imidazole rings is 1. The Balaban J connectivity index is 1.34. The van der Waals surface area contributed by atoms with Gasteiger partial charge in [0.05, 0.1) is 11.0 Å². The summed E-state index contributed by atoms with van der Waals surface area (Å²) in [6, 6.07) is 30.9. The second-order valence-electron chi connectivity index (χ2n) is 7.84. The topological polar surface area (TPSA) is 67.0 Å². The summed E-state index contributed by atoms with van der Waals surface area (Å²) >= 11 is 0. The maximum Gasteiger partial charge on any atom is 0.255 e. The van der Waals surface area contributed by atoms with Crippen molar-refractivity contribution in [3.8, 4) is 17.1 Å². The number of rotatable bonds is 6. The molecule has 0 aliphatic rings. The van der Waals surface area contributed by atoms with Crippen LogP contribution in [0.25, 0.3) is 22.4 Å². The number of aromatic nitrogens is 2. The van der Waals surface area contributed by atoms with E-state index in [4.69, 9.17) is 9.72 Å². The van der Waals surface area contributed by atoms with Crippen molar-refractivity contribution >= 4 is 22.6 Å². The second kappa shape index (κ2) is 9.01. The largest absolute Gasteiger partial charge is 0.489 e. The maximum absolute atomic E-state index is 13.0. The number of anilines is 1. The average Bonchev–Trinajstić information content (AvgIpc) is 3.29. The summed E-state index contributed by atoms with van der Waals surface area (Å²) in [6.07, 6.45) is 0. The summed E-state index contributed by atoms with van der Waals surface area (Å²) in [6.45, 7) is 2.43. The molecule has 1 aromatic heterocycles. The number of carbonyl (C=O) groups excluding carboxylic acids is 1. The van der Waals surface area contributed by atoms with Crippen molar-refractivity contribution in [1.82, 2.24) is 9.97 Å². The highest BCUT2D eigenvalue weighted by atomic mass is 16.5. The minimum absolute atomic E-state index is 0.190. The molecule has 0 unspecified atom stereocenters. The third-order valence-electron chi connectivity index (χ3n) is 5.57. The Bertz CT molecular complexity index is 1390. The lowest BCUT2D eigenvalue weighted by atomic mass is 10.1.